The number of ether oxygens (including phenoxy) is 2. The molecule has 1 atom stereocenters. The summed E-state index contributed by atoms with van der Waals surface area (Å²) in [5.41, 5.74) is 1.04. The van der Waals surface area contributed by atoms with Gasteiger partial charge in [-0.05, 0) is 24.6 Å². The molecular weight excluding hydrogens is 259 g/mol. The predicted molar refractivity (Wildman–Crippen MR) is 66.3 cm³/mol. The Morgan fingerprint density at radius 2 is 1.84 bits per heavy atom. The third kappa shape index (κ3) is 6.45. The summed E-state index contributed by atoms with van der Waals surface area (Å²) in [5.74, 6) is 0.768. The first-order valence-electron chi connectivity index (χ1n) is 5.94. The van der Waals surface area contributed by atoms with Gasteiger partial charge in [-0.15, -0.1) is 0 Å². The van der Waals surface area contributed by atoms with Crippen molar-refractivity contribution < 1.29 is 22.6 Å². The Morgan fingerprint density at radius 1 is 1.21 bits per heavy atom. The second-order valence-corrected chi connectivity index (χ2v) is 4.12. The Balaban J connectivity index is 2.25. The van der Waals surface area contributed by atoms with Crippen LogP contribution >= 0.6 is 0 Å². The quantitative estimate of drug-likeness (QED) is 0.777. The van der Waals surface area contributed by atoms with E-state index in [1.807, 2.05) is 31.2 Å². The zero-order valence-corrected chi connectivity index (χ0v) is 11.0. The molecule has 19 heavy (non-hydrogen) atoms. The van der Waals surface area contributed by atoms with Crippen molar-refractivity contribution in [3.05, 3.63) is 29.8 Å². The molecule has 6 heteroatoms. The molecule has 108 valence electrons. The van der Waals surface area contributed by atoms with E-state index in [0.29, 0.717) is 6.54 Å². The maximum atomic E-state index is 11.8. The summed E-state index contributed by atoms with van der Waals surface area (Å²) in [6, 6.07) is 7.54. The first-order valence-corrected chi connectivity index (χ1v) is 5.94. The van der Waals surface area contributed by atoms with Crippen LogP contribution in [-0.2, 0) is 4.74 Å². The standard InChI is InChI=1S/C13H18F3NO2/c1-10(11-3-5-12(18-2)6-4-11)17-7-8-19-9-13(14,15)16/h3-6,10,17H,7-9H2,1-2H3. The third-order valence-electron chi connectivity index (χ3n) is 2.58. The summed E-state index contributed by atoms with van der Waals surface area (Å²) in [5, 5.41) is 3.09. The minimum Gasteiger partial charge on any atom is -0.497 e. The SMILES string of the molecule is COc1ccc(C(C)NCCOCC(F)(F)F)cc1. The highest BCUT2D eigenvalue weighted by Crippen LogP contribution is 2.17. The van der Waals surface area contributed by atoms with Gasteiger partial charge in [0, 0.05) is 12.6 Å². The van der Waals surface area contributed by atoms with Crippen LogP contribution in [0.25, 0.3) is 0 Å². The van der Waals surface area contributed by atoms with Crippen molar-refractivity contribution in [2.45, 2.75) is 19.1 Å². The lowest BCUT2D eigenvalue weighted by atomic mass is 10.1. The Morgan fingerprint density at radius 3 is 2.37 bits per heavy atom. The molecule has 0 amide bonds. The van der Waals surface area contributed by atoms with E-state index >= 15 is 0 Å². The molecule has 0 heterocycles. The molecule has 1 unspecified atom stereocenters. The number of methoxy groups -OCH3 is 1. The number of alkyl halides is 3. The second kappa shape index (κ2) is 7.35. The van der Waals surface area contributed by atoms with E-state index in [4.69, 9.17) is 4.74 Å². The number of hydrogen-bond acceptors (Lipinski definition) is 3. The fraction of sp³-hybridized carbons (Fsp3) is 0.538. The van der Waals surface area contributed by atoms with Gasteiger partial charge < -0.3 is 14.8 Å². The Labute approximate surface area is 110 Å². The van der Waals surface area contributed by atoms with Gasteiger partial charge in [-0.1, -0.05) is 12.1 Å². The minimum atomic E-state index is -4.26. The van der Waals surface area contributed by atoms with Crippen LogP contribution in [-0.4, -0.2) is 33.0 Å². The van der Waals surface area contributed by atoms with Crippen molar-refractivity contribution >= 4 is 0 Å². The van der Waals surface area contributed by atoms with Gasteiger partial charge in [-0.25, -0.2) is 0 Å². The number of halogens is 3. The molecular formula is C13H18F3NO2. The largest absolute Gasteiger partial charge is 0.497 e. The zero-order valence-electron chi connectivity index (χ0n) is 11.0. The highest BCUT2D eigenvalue weighted by molar-refractivity contribution is 5.28. The summed E-state index contributed by atoms with van der Waals surface area (Å²) in [4.78, 5) is 0. The van der Waals surface area contributed by atoms with Crippen LogP contribution in [0.1, 0.15) is 18.5 Å². The Kier molecular flexibility index (Phi) is 6.11. The Hall–Kier alpha value is -1.27. The summed E-state index contributed by atoms with van der Waals surface area (Å²) in [7, 11) is 1.59. The maximum Gasteiger partial charge on any atom is 0.411 e. The Bertz CT molecular complexity index is 365. The van der Waals surface area contributed by atoms with Crippen LogP contribution in [0.2, 0.25) is 0 Å². The zero-order chi connectivity index (χ0) is 14.3. The van der Waals surface area contributed by atoms with Gasteiger partial charge in [0.15, 0.2) is 0 Å². The molecule has 0 radical (unpaired) electrons. The van der Waals surface area contributed by atoms with Crippen molar-refractivity contribution in [1.29, 1.82) is 0 Å². The smallest absolute Gasteiger partial charge is 0.411 e. The monoisotopic (exact) mass is 277 g/mol. The first kappa shape index (κ1) is 15.8. The molecule has 3 nitrogen and oxygen atoms in total. The average molecular weight is 277 g/mol. The highest BCUT2D eigenvalue weighted by Gasteiger charge is 2.27. The van der Waals surface area contributed by atoms with Gasteiger partial charge >= 0.3 is 6.18 Å². The molecule has 0 aliphatic carbocycles. The molecule has 0 aliphatic rings. The fourth-order valence-electron chi connectivity index (χ4n) is 1.55. The van der Waals surface area contributed by atoms with Crippen LogP contribution in [0.4, 0.5) is 13.2 Å². The molecule has 0 aliphatic heterocycles. The van der Waals surface area contributed by atoms with E-state index in [1.54, 1.807) is 7.11 Å². The normalized spacial score (nSPS) is 13.3. The van der Waals surface area contributed by atoms with Gasteiger partial charge in [-0.3, -0.25) is 0 Å². The predicted octanol–water partition coefficient (Wildman–Crippen LogP) is 2.92. The maximum absolute atomic E-state index is 11.8. The van der Waals surface area contributed by atoms with E-state index in [2.05, 4.69) is 10.1 Å². The van der Waals surface area contributed by atoms with Gasteiger partial charge in [0.2, 0.25) is 0 Å². The molecule has 0 aromatic heterocycles. The van der Waals surface area contributed by atoms with Crippen molar-refractivity contribution in [2.24, 2.45) is 0 Å². The van der Waals surface area contributed by atoms with E-state index in [9.17, 15) is 13.2 Å². The van der Waals surface area contributed by atoms with Crippen molar-refractivity contribution in [3.8, 4) is 5.75 Å². The van der Waals surface area contributed by atoms with Crippen molar-refractivity contribution in [1.82, 2.24) is 5.32 Å². The fourth-order valence-corrected chi connectivity index (χ4v) is 1.55. The minimum absolute atomic E-state index is 0.0278. The summed E-state index contributed by atoms with van der Waals surface area (Å²) < 4.78 is 45.0. The second-order valence-electron chi connectivity index (χ2n) is 4.12. The number of benzene rings is 1. The lowest BCUT2D eigenvalue weighted by Crippen LogP contribution is -2.25. The van der Waals surface area contributed by atoms with Crippen LogP contribution in [0.3, 0.4) is 0 Å². The molecule has 1 rings (SSSR count). The van der Waals surface area contributed by atoms with Crippen LogP contribution < -0.4 is 10.1 Å². The van der Waals surface area contributed by atoms with Crippen molar-refractivity contribution in [2.75, 3.05) is 26.9 Å². The molecule has 0 bridgehead atoms. The average Bonchev–Trinajstić information content (AvgIpc) is 2.37. The molecule has 0 saturated heterocycles. The lowest BCUT2D eigenvalue weighted by molar-refractivity contribution is -0.173. The summed E-state index contributed by atoms with van der Waals surface area (Å²) >= 11 is 0. The number of nitrogens with one attached hydrogen (secondary N) is 1. The molecule has 0 spiro atoms. The molecule has 1 aromatic carbocycles. The third-order valence-corrected chi connectivity index (χ3v) is 2.58. The molecule has 0 saturated carbocycles. The molecule has 0 fully saturated rings. The summed E-state index contributed by atoms with van der Waals surface area (Å²) in [6.45, 7) is 1.13. The lowest BCUT2D eigenvalue weighted by Gasteiger charge is -2.15. The van der Waals surface area contributed by atoms with E-state index in [1.165, 1.54) is 0 Å². The van der Waals surface area contributed by atoms with Crippen LogP contribution in [0.5, 0.6) is 5.75 Å². The van der Waals surface area contributed by atoms with Gasteiger partial charge in [0.25, 0.3) is 0 Å². The van der Waals surface area contributed by atoms with E-state index in [0.717, 1.165) is 11.3 Å². The van der Waals surface area contributed by atoms with Crippen LogP contribution in [0, 0.1) is 0 Å². The molecule has 1 aromatic rings. The van der Waals surface area contributed by atoms with Gasteiger partial charge in [-0.2, -0.15) is 13.2 Å². The number of hydrogen-bond donors (Lipinski definition) is 1. The van der Waals surface area contributed by atoms with E-state index in [-0.39, 0.29) is 12.6 Å². The number of rotatable bonds is 7. The van der Waals surface area contributed by atoms with Gasteiger partial charge in [0.1, 0.15) is 12.4 Å². The summed E-state index contributed by atoms with van der Waals surface area (Å²) in [6.07, 6.45) is -4.26. The molecule has 1 N–H and O–H groups in total. The van der Waals surface area contributed by atoms with E-state index < -0.39 is 12.8 Å². The first-order chi connectivity index (χ1) is 8.92. The van der Waals surface area contributed by atoms with Crippen LogP contribution in [0.15, 0.2) is 24.3 Å². The highest BCUT2D eigenvalue weighted by atomic mass is 19.4. The topological polar surface area (TPSA) is 30.5 Å². The van der Waals surface area contributed by atoms with Gasteiger partial charge in [0.05, 0.1) is 13.7 Å². The van der Waals surface area contributed by atoms with Crippen molar-refractivity contribution in [3.63, 3.8) is 0 Å².